The summed E-state index contributed by atoms with van der Waals surface area (Å²) in [6.45, 7) is 16.7. The van der Waals surface area contributed by atoms with Crippen LogP contribution in [0, 0.1) is 17.3 Å². The lowest BCUT2D eigenvalue weighted by Gasteiger charge is -2.57. The fourth-order valence-corrected chi connectivity index (χ4v) is 6.13. The minimum atomic E-state index is -0.0302. The number of carbonyl (C=O) groups is 2. The fourth-order valence-electron chi connectivity index (χ4n) is 6.13. The van der Waals surface area contributed by atoms with E-state index in [1.54, 1.807) is 0 Å². The van der Waals surface area contributed by atoms with Crippen LogP contribution in [0.2, 0.25) is 0 Å². The number of urea groups is 1. The van der Waals surface area contributed by atoms with Gasteiger partial charge in [0.2, 0.25) is 5.91 Å². The van der Waals surface area contributed by atoms with Crippen LogP contribution in [0.25, 0.3) is 0 Å². The zero-order valence-electron chi connectivity index (χ0n) is 23.1. The summed E-state index contributed by atoms with van der Waals surface area (Å²) in [6, 6.07) is 8.10. The molecule has 2 unspecified atom stereocenters. The van der Waals surface area contributed by atoms with Crippen LogP contribution in [0.5, 0.6) is 0 Å². The largest absolute Gasteiger partial charge is 0.337 e. The highest BCUT2D eigenvalue weighted by atomic mass is 16.2. The molecule has 1 saturated carbocycles. The quantitative estimate of drug-likeness (QED) is 0.456. The lowest BCUT2D eigenvalue weighted by Crippen LogP contribution is -2.52. The Kier molecular flexibility index (Phi) is 8.44. The Bertz CT molecular complexity index is 944. The molecule has 0 spiro atoms. The number of fused-ring (bicyclic) bond motifs is 1. The number of nitrogens with zero attached hydrogens (tertiary/aromatic N) is 3. The van der Waals surface area contributed by atoms with Crippen LogP contribution in [0.3, 0.4) is 0 Å². The Balaban J connectivity index is 1.25. The average Bonchev–Trinajstić information content (AvgIpc) is 2.87. The molecule has 0 radical (unpaired) electrons. The number of allylic oxidation sites excluding steroid dienone is 1. The Morgan fingerprint density at radius 2 is 1.81 bits per heavy atom. The molecule has 1 saturated heterocycles. The van der Waals surface area contributed by atoms with Crippen LogP contribution in [-0.4, -0.2) is 72.5 Å². The maximum absolute atomic E-state index is 13.0. The summed E-state index contributed by atoms with van der Waals surface area (Å²) in [6.07, 6.45) is 6.39. The van der Waals surface area contributed by atoms with Gasteiger partial charge in [-0.05, 0) is 60.1 Å². The fraction of sp³-hybridized carbons (Fsp3) is 0.667. The summed E-state index contributed by atoms with van der Waals surface area (Å²) < 4.78 is 0. The first-order chi connectivity index (χ1) is 17.2. The number of benzene rings is 1. The first-order valence-corrected chi connectivity index (χ1v) is 14.0. The molecule has 2 atom stereocenters. The zero-order valence-corrected chi connectivity index (χ0v) is 23.1. The predicted molar refractivity (Wildman–Crippen MR) is 147 cm³/mol. The standard InChI is InChI=1S/C30H46N4O2/c1-6-7-28(35)34(21-24-8-11-25-20-27(24)30(25,4)5)19-16-32-14-17-33(18-15-32)29(36)31-26-12-9-23(10-13-26)22(2)3/h8-10,12-13,22,25,27H,6-7,11,14-21H2,1-5H3,(H,31,36). The molecule has 3 aliphatic carbocycles. The van der Waals surface area contributed by atoms with Gasteiger partial charge in [-0.1, -0.05) is 58.4 Å². The smallest absolute Gasteiger partial charge is 0.321 e. The van der Waals surface area contributed by atoms with Crippen LogP contribution in [0.1, 0.15) is 71.8 Å². The SMILES string of the molecule is CCCC(=O)N(CCN1CCN(C(=O)Nc2ccc(C(C)C)cc2)CC1)CC1=CCC2CC1C2(C)C. The van der Waals surface area contributed by atoms with Gasteiger partial charge in [0.1, 0.15) is 0 Å². The number of anilines is 1. The molecule has 1 aliphatic heterocycles. The highest BCUT2D eigenvalue weighted by Crippen LogP contribution is 2.59. The van der Waals surface area contributed by atoms with Crippen LogP contribution in [-0.2, 0) is 4.79 Å². The van der Waals surface area contributed by atoms with E-state index < -0.39 is 0 Å². The van der Waals surface area contributed by atoms with Crippen molar-refractivity contribution < 1.29 is 9.59 Å². The van der Waals surface area contributed by atoms with E-state index >= 15 is 0 Å². The summed E-state index contributed by atoms with van der Waals surface area (Å²) in [4.78, 5) is 32.1. The summed E-state index contributed by atoms with van der Waals surface area (Å²) in [7, 11) is 0. The second kappa shape index (κ2) is 11.4. The molecule has 3 amide bonds. The monoisotopic (exact) mass is 494 g/mol. The van der Waals surface area contributed by atoms with E-state index in [9.17, 15) is 9.59 Å². The summed E-state index contributed by atoms with van der Waals surface area (Å²) in [5, 5.41) is 3.04. The van der Waals surface area contributed by atoms with Crippen molar-refractivity contribution in [2.75, 3.05) is 51.1 Å². The second-order valence-corrected chi connectivity index (χ2v) is 11.9. The van der Waals surface area contributed by atoms with E-state index in [-0.39, 0.29) is 11.9 Å². The molecule has 1 aromatic carbocycles. The Labute approximate surface area is 218 Å². The number of nitrogens with one attached hydrogen (secondary N) is 1. The average molecular weight is 495 g/mol. The van der Waals surface area contributed by atoms with E-state index in [1.807, 2.05) is 17.0 Å². The molecule has 2 fully saturated rings. The van der Waals surface area contributed by atoms with Crippen molar-refractivity contribution in [3.05, 3.63) is 41.5 Å². The van der Waals surface area contributed by atoms with Gasteiger partial charge in [-0.15, -0.1) is 0 Å². The van der Waals surface area contributed by atoms with Crippen molar-refractivity contribution >= 4 is 17.6 Å². The van der Waals surface area contributed by atoms with Crippen LogP contribution < -0.4 is 5.32 Å². The topological polar surface area (TPSA) is 55.9 Å². The van der Waals surface area contributed by atoms with Crippen LogP contribution in [0.4, 0.5) is 10.5 Å². The van der Waals surface area contributed by atoms with Crippen molar-refractivity contribution in [3.63, 3.8) is 0 Å². The molecule has 2 bridgehead atoms. The third kappa shape index (κ3) is 5.96. The van der Waals surface area contributed by atoms with E-state index in [0.29, 0.717) is 36.8 Å². The highest BCUT2D eigenvalue weighted by molar-refractivity contribution is 5.89. The number of hydrogen-bond donors (Lipinski definition) is 1. The van der Waals surface area contributed by atoms with Crippen molar-refractivity contribution in [1.82, 2.24) is 14.7 Å². The highest BCUT2D eigenvalue weighted by Gasteiger charge is 2.51. The maximum Gasteiger partial charge on any atom is 0.321 e. The molecule has 0 aromatic heterocycles. The number of carbonyl (C=O) groups excluding carboxylic acids is 2. The van der Waals surface area contributed by atoms with Gasteiger partial charge in [-0.25, -0.2) is 4.79 Å². The minimum absolute atomic E-state index is 0.0302. The number of rotatable bonds is 9. The van der Waals surface area contributed by atoms with Gasteiger partial charge in [-0.2, -0.15) is 0 Å². The van der Waals surface area contributed by atoms with Crippen molar-refractivity contribution in [1.29, 1.82) is 0 Å². The number of piperazine rings is 1. The van der Waals surface area contributed by atoms with E-state index in [1.165, 1.54) is 24.0 Å². The molecule has 198 valence electrons. The van der Waals surface area contributed by atoms with Crippen LogP contribution >= 0.6 is 0 Å². The summed E-state index contributed by atoms with van der Waals surface area (Å²) in [5.74, 6) is 2.21. The van der Waals surface area contributed by atoms with E-state index in [4.69, 9.17) is 0 Å². The molecule has 1 aromatic rings. The van der Waals surface area contributed by atoms with Gasteiger partial charge in [0.15, 0.2) is 0 Å². The lowest BCUT2D eigenvalue weighted by molar-refractivity contribution is -0.131. The Morgan fingerprint density at radius 3 is 2.39 bits per heavy atom. The molecule has 4 aliphatic rings. The normalized spacial score (nSPS) is 23.2. The van der Waals surface area contributed by atoms with Gasteiger partial charge in [0, 0.05) is 57.9 Å². The lowest BCUT2D eigenvalue weighted by atomic mass is 9.49. The number of amides is 3. The third-order valence-corrected chi connectivity index (χ3v) is 8.95. The molecule has 5 rings (SSSR count). The first kappa shape index (κ1) is 26.7. The zero-order chi connectivity index (χ0) is 25.9. The molecular formula is C30H46N4O2. The van der Waals surface area contributed by atoms with Gasteiger partial charge < -0.3 is 15.1 Å². The maximum atomic E-state index is 13.0. The third-order valence-electron chi connectivity index (χ3n) is 8.95. The molecule has 1 heterocycles. The van der Waals surface area contributed by atoms with Gasteiger partial charge in [0.05, 0.1) is 0 Å². The van der Waals surface area contributed by atoms with E-state index in [0.717, 1.165) is 50.7 Å². The second-order valence-electron chi connectivity index (χ2n) is 11.9. The van der Waals surface area contributed by atoms with Crippen molar-refractivity contribution in [2.45, 2.75) is 66.2 Å². The molecule has 6 nitrogen and oxygen atoms in total. The Morgan fingerprint density at radius 1 is 1.11 bits per heavy atom. The van der Waals surface area contributed by atoms with E-state index in [2.05, 4.69) is 67.9 Å². The minimum Gasteiger partial charge on any atom is -0.337 e. The number of hydrogen-bond acceptors (Lipinski definition) is 3. The van der Waals surface area contributed by atoms with Crippen molar-refractivity contribution in [3.8, 4) is 0 Å². The predicted octanol–water partition coefficient (Wildman–Crippen LogP) is 5.58. The van der Waals surface area contributed by atoms with Crippen molar-refractivity contribution in [2.24, 2.45) is 17.3 Å². The van der Waals surface area contributed by atoms with Gasteiger partial charge >= 0.3 is 6.03 Å². The van der Waals surface area contributed by atoms with Gasteiger partial charge in [0.25, 0.3) is 0 Å². The molecule has 6 heteroatoms. The summed E-state index contributed by atoms with van der Waals surface area (Å²) in [5.41, 5.74) is 3.98. The Hall–Kier alpha value is -2.34. The summed E-state index contributed by atoms with van der Waals surface area (Å²) >= 11 is 0. The van der Waals surface area contributed by atoms with Crippen LogP contribution in [0.15, 0.2) is 35.9 Å². The van der Waals surface area contributed by atoms with Gasteiger partial charge in [-0.3, -0.25) is 9.69 Å². The first-order valence-electron chi connectivity index (χ1n) is 14.0. The molecule has 36 heavy (non-hydrogen) atoms. The molecular weight excluding hydrogens is 448 g/mol. The molecule has 1 N–H and O–H groups in total.